The molecule has 0 aromatic carbocycles. The van der Waals surface area contributed by atoms with E-state index in [1.165, 1.54) is 4.88 Å². The van der Waals surface area contributed by atoms with Crippen LogP contribution in [0, 0.1) is 0 Å². The van der Waals surface area contributed by atoms with E-state index in [-0.39, 0.29) is 11.6 Å². The first-order chi connectivity index (χ1) is 6.08. The minimum absolute atomic E-state index is 0.0348. The van der Waals surface area contributed by atoms with Crippen LogP contribution in [0.4, 0.5) is 0 Å². The Bertz CT molecular complexity index is 243. The Labute approximate surface area is 83.7 Å². The second-order valence-electron chi connectivity index (χ2n) is 3.53. The van der Waals surface area contributed by atoms with Crippen molar-refractivity contribution in [3.63, 3.8) is 0 Å². The van der Waals surface area contributed by atoms with Crippen molar-refractivity contribution in [3.8, 4) is 0 Å². The SMILES string of the molecule is CCOC(C)(C)C(N)c1cccs1. The maximum absolute atomic E-state index is 6.09. The summed E-state index contributed by atoms with van der Waals surface area (Å²) in [6, 6.07) is 4.03. The molecule has 0 saturated heterocycles. The zero-order valence-corrected chi connectivity index (χ0v) is 9.23. The molecule has 1 aromatic heterocycles. The van der Waals surface area contributed by atoms with Crippen LogP contribution >= 0.6 is 11.3 Å². The summed E-state index contributed by atoms with van der Waals surface area (Å²) in [6.07, 6.45) is 0. The number of hydrogen-bond donors (Lipinski definition) is 1. The first kappa shape index (κ1) is 10.7. The van der Waals surface area contributed by atoms with Crippen molar-refractivity contribution in [1.82, 2.24) is 0 Å². The molecular formula is C10H17NOS. The summed E-state index contributed by atoms with van der Waals surface area (Å²) in [5.41, 5.74) is 5.81. The fourth-order valence-corrected chi connectivity index (χ4v) is 2.17. The fourth-order valence-electron chi connectivity index (χ4n) is 1.27. The van der Waals surface area contributed by atoms with Crippen molar-refractivity contribution in [1.29, 1.82) is 0 Å². The Morgan fingerprint density at radius 1 is 1.62 bits per heavy atom. The molecule has 3 heteroatoms. The van der Waals surface area contributed by atoms with E-state index in [0.717, 1.165) is 0 Å². The highest BCUT2D eigenvalue weighted by atomic mass is 32.1. The van der Waals surface area contributed by atoms with Gasteiger partial charge in [-0.3, -0.25) is 0 Å². The normalized spacial score (nSPS) is 14.5. The Morgan fingerprint density at radius 3 is 2.77 bits per heavy atom. The van der Waals surface area contributed by atoms with Crippen LogP contribution < -0.4 is 5.73 Å². The summed E-state index contributed by atoms with van der Waals surface area (Å²) in [4.78, 5) is 1.18. The molecule has 0 aliphatic rings. The Hall–Kier alpha value is -0.380. The molecule has 1 unspecified atom stereocenters. The van der Waals surface area contributed by atoms with Gasteiger partial charge in [0.05, 0.1) is 11.6 Å². The van der Waals surface area contributed by atoms with Crippen molar-refractivity contribution >= 4 is 11.3 Å². The lowest BCUT2D eigenvalue weighted by atomic mass is 9.98. The highest BCUT2D eigenvalue weighted by Crippen LogP contribution is 2.29. The zero-order valence-electron chi connectivity index (χ0n) is 8.41. The fraction of sp³-hybridized carbons (Fsp3) is 0.600. The van der Waals surface area contributed by atoms with Gasteiger partial charge in [-0.1, -0.05) is 6.07 Å². The molecule has 0 bridgehead atoms. The van der Waals surface area contributed by atoms with Gasteiger partial charge in [0.15, 0.2) is 0 Å². The van der Waals surface area contributed by atoms with E-state index in [2.05, 4.69) is 6.07 Å². The smallest absolute Gasteiger partial charge is 0.0826 e. The van der Waals surface area contributed by atoms with Gasteiger partial charge < -0.3 is 10.5 Å². The van der Waals surface area contributed by atoms with Gasteiger partial charge in [0, 0.05) is 11.5 Å². The Morgan fingerprint density at radius 2 is 2.31 bits per heavy atom. The third-order valence-electron chi connectivity index (χ3n) is 2.12. The predicted octanol–water partition coefficient (Wildman–Crippen LogP) is 2.56. The first-order valence-corrected chi connectivity index (χ1v) is 5.39. The van der Waals surface area contributed by atoms with E-state index in [1.807, 2.05) is 32.2 Å². The van der Waals surface area contributed by atoms with E-state index in [1.54, 1.807) is 11.3 Å². The van der Waals surface area contributed by atoms with E-state index in [0.29, 0.717) is 6.61 Å². The number of thiophene rings is 1. The first-order valence-electron chi connectivity index (χ1n) is 4.51. The van der Waals surface area contributed by atoms with E-state index < -0.39 is 0 Å². The molecule has 1 aromatic rings. The highest BCUT2D eigenvalue weighted by Gasteiger charge is 2.28. The molecule has 0 aliphatic heterocycles. The van der Waals surface area contributed by atoms with Crippen LogP contribution in [0.3, 0.4) is 0 Å². The Balaban J connectivity index is 2.71. The summed E-state index contributed by atoms with van der Waals surface area (Å²) in [6.45, 7) is 6.75. The van der Waals surface area contributed by atoms with Crippen molar-refractivity contribution in [2.45, 2.75) is 32.4 Å². The summed E-state index contributed by atoms with van der Waals surface area (Å²) in [5, 5.41) is 2.04. The third kappa shape index (κ3) is 2.53. The Kier molecular flexibility index (Phi) is 3.47. The standard InChI is InChI=1S/C10H17NOS/c1-4-12-10(2,3)9(11)8-6-5-7-13-8/h5-7,9H,4,11H2,1-3H3. The van der Waals surface area contributed by atoms with Crippen molar-refractivity contribution in [2.75, 3.05) is 6.61 Å². The van der Waals surface area contributed by atoms with Crippen LogP contribution in [0.1, 0.15) is 31.7 Å². The van der Waals surface area contributed by atoms with Gasteiger partial charge in [0.25, 0.3) is 0 Å². The van der Waals surface area contributed by atoms with E-state index in [4.69, 9.17) is 10.5 Å². The van der Waals surface area contributed by atoms with Crippen molar-refractivity contribution in [2.24, 2.45) is 5.73 Å². The van der Waals surface area contributed by atoms with Crippen LogP contribution in [0.25, 0.3) is 0 Å². The number of ether oxygens (including phenoxy) is 1. The van der Waals surface area contributed by atoms with Crippen molar-refractivity contribution in [3.05, 3.63) is 22.4 Å². The molecule has 13 heavy (non-hydrogen) atoms. The van der Waals surface area contributed by atoms with Crippen molar-refractivity contribution < 1.29 is 4.74 Å². The molecule has 0 amide bonds. The molecule has 0 fully saturated rings. The van der Waals surface area contributed by atoms with Gasteiger partial charge in [0.1, 0.15) is 0 Å². The number of hydrogen-bond acceptors (Lipinski definition) is 3. The monoisotopic (exact) mass is 199 g/mol. The molecule has 0 aliphatic carbocycles. The molecule has 1 atom stereocenters. The van der Waals surface area contributed by atoms with Crippen LogP contribution in [0.2, 0.25) is 0 Å². The number of nitrogens with two attached hydrogens (primary N) is 1. The summed E-state index contributed by atoms with van der Waals surface area (Å²) < 4.78 is 5.60. The second kappa shape index (κ2) is 4.22. The molecule has 0 saturated carbocycles. The number of rotatable bonds is 4. The van der Waals surface area contributed by atoms with Crippen LogP contribution in [0.5, 0.6) is 0 Å². The summed E-state index contributed by atoms with van der Waals surface area (Å²) >= 11 is 1.68. The maximum Gasteiger partial charge on any atom is 0.0826 e. The minimum atomic E-state index is -0.278. The van der Waals surface area contributed by atoms with Crippen LogP contribution in [0.15, 0.2) is 17.5 Å². The van der Waals surface area contributed by atoms with Gasteiger partial charge >= 0.3 is 0 Å². The largest absolute Gasteiger partial charge is 0.374 e. The lowest BCUT2D eigenvalue weighted by Gasteiger charge is -2.30. The zero-order chi connectivity index (χ0) is 9.90. The van der Waals surface area contributed by atoms with Gasteiger partial charge in [-0.15, -0.1) is 11.3 Å². The molecule has 0 spiro atoms. The molecule has 2 nitrogen and oxygen atoms in total. The second-order valence-corrected chi connectivity index (χ2v) is 4.51. The van der Waals surface area contributed by atoms with E-state index in [9.17, 15) is 0 Å². The lowest BCUT2D eigenvalue weighted by molar-refractivity contribution is -0.0290. The topological polar surface area (TPSA) is 35.2 Å². The molecule has 1 rings (SSSR count). The third-order valence-corrected chi connectivity index (χ3v) is 3.07. The average molecular weight is 199 g/mol. The van der Waals surface area contributed by atoms with Gasteiger partial charge in [-0.05, 0) is 32.2 Å². The van der Waals surface area contributed by atoms with Gasteiger partial charge in [-0.25, -0.2) is 0 Å². The lowest BCUT2D eigenvalue weighted by Crippen LogP contribution is -2.37. The average Bonchev–Trinajstić information content (AvgIpc) is 2.54. The molecule has 2 N–H and O–H groups in total. The summed E-state index contributed by atoms with van der Waals surface area (Å²) in [5.74, 6) is 0. The van der Waals surface area contributed by atoms with E-state index >= 15 is 0 Å². The minimum Gasteiger partial charge on any atom is -0.374 e. The van der Waals surface area contributed by atoms with Crippen LogP contribution in [-0.2, 0) is 4.74 Å². The quantitative estimate of drug-likeness (QED) is 0.809. The molecular weight excluding hydrogens is 182 g/mol. The maximum atomic E-state index is 6.09. The van der Waals surface area contributed by atoms with Crippen LogP contribution in [-0.4, -0.2) is 12.2 Å². The highest BCUT2D eigenvalue weighted by molar-refractivity contribution is 7.10. The van der Waals surface area contributed by atoms with Gasteiger partial charge in [0.2, 0.25) is 0 Å². The van der Waals surface area contributed by atoms with Gasteiger partial charge in [-0.2, -0.15) is 0 Å². The molecule has 1 heterocycles. The molecule has 0 radical (unpaired) electrons. The predicted molar refractivity (Wildman–Crippen MR) is 57.0 cm³/mol. The molecule has 74 valence electrons. The summed E-state index contributed by atoms with van der Waals surface area (Å²) in [7, 11) is 0.